The number of nitrogens with one attached hydrogen (secondary N) is 2. The van der Waals surface area contributed by atoms with Crippen molar-refractivity contribution in [3.63, 3.8) is 0 Å². The van der Waals surface area contributed by atoms with Gasteiger partial charge in [0.05, 0.1) is 0 Å². The van der Waals surface area contributed by atoms with E-state index < -0.39 is 0 Å². The summed E-state index contributed by atoms with van der Waals surface area (Å²) in [5, 5.41) is 4.42. The second-order valence-corrected chi connectivity index (χ2v) is 9.92. The third-order valence-electron chi connectivity index (χ3n) is 7.35. The minimum Gasteiger partial charge on any atom is -0.361 e. The van der Waals surface area contributed by atoms with E-state index in [1.165, 1.54) is 38.8 Å². The van der Waals surface area contributed by atoms with Crippen molar-refractivity contribution < 1.29 is 4.79 Å². The molecule has 3 heteroatoms. The third kappa shape index (κ3) is 5.67. The number of carbonyl (C=O) groups excluding carboxylic acids is 1. The SMILES string of the molecule is Cc1ccc([C@@H](CC(=O)NCCC(c2ccccc2)c2ccccc2)c2c[nH]c3ccccc23)c(C)c1. The monoisotopic (exact) mass is 486 g/mol. The zero-order chi connectivity index (χ0) is 25.6. The first-order valence-corrected chi connectivity index (χ1v) is 13.1. The van der Waals surface area contributed by atoms with Gasteiger partial charge in [-0.25, -0.2) is 0 Å². The summed E-state index contributed by atoms with van der Waals surface area (Å²) in [7, 11) is 0. The molecule has 0 saturated carbocycles. The standard InChI is InChI=1S/C34H34N2O/c1-24-17-18-28(25(2)21-24)31(32-23-36-33-16-10-9-15-30(32)33)22-34(37)35-20-19-29(26-11-5-3-6-12-26)27-13-7-4-8-14-27/h3-18,21,23,29,31,36H,19-20,22H2,1-2H3,(H,35,37)/t31-/m1/s1. The van der Waals surface area contributed by atoms with Crippen molar-refractivity contribution in [3.8, 4) is 0 Å². The Kier molecular flexibility index (Phi) is 7.51. The van der Waals surface area contributed by atoms with Gasteiger partial charge in [-0.05, 0) is 54.2 Å². The molecule has 186 valence electrons. The fraction of sp³-hybridized carbons (Fsp3) is 0.206. The molecule has 0 saturated heterocycles. The number of H-pyrrole nitrogens is 1. The second-order valence-electron chi connectivity index (χ2n) is 9.92. The van der Waals surface area contributed by atoms with Crippen LogP contribution in [-0.2, 0) is 4.79 Å². The number of benzene rings is 4. The Hall–Kier alpha value is -4.11. The van der Waals surface area contributed by atoms with Crippen LogP contribution < -0.4 is 5.32 Å². The van der Waals surface area contributed by atoms with Crippen LogP contribution in [0, 0.1) is 13.8 Å². The first kappa shape index (κ1) is 24.6. The number of amides is 1. The quantitative estimate of drug-likeness (QED) is 0.221. The highest BCUT2D eigenvalue weighted by Crippen LogP contribution is 2.35. The highest BCUT2D eigenvalue weighted by atomic mass is 16.1. The molecule has 37 heavy (non-hydrogen) atoms. The topological polar surface area (TPSA) is 44.9 Å². The number of hydrogen-bond acceptors (Lipinski definition) is 1. The molecule has 5 aromatic rings. The maximum atomic E-state index is 13.4. The van der Waals surface area contributed by atoms with Crippen molar-refractivity contribution in [2.24, 2.45) is 0 Å². The molecule has 0 fully saturated rings. The van der Waals surface area contributed by atoms with Crippen LogP contribution in [0.25, 0.3) is 10.9 Å². The smallest absolute Gasteiger partial charge is 0.220 e. The summed E-state index contributed by atoms with van der Waals surface area (Å²) >= 11 is 0. The Balaban J connectivity index is 1.35. The summed E-state index contributed by atoms with van der Waals surface area (Å²) in [6, 6.07) is 36.0. The van der Waals surface area contributed by atoms with Crippen molar-refractivity contribution in [2.45, 2.75) is 38.5 Å². The Labute approximate surface area is 219 Å². The van der Waals surface area contributed by atoms with E-state index >= 15 is 0 Å². The largest absolute Gasteiger partial charge is 0.361 e. The minimum absolute atomic E-state index is 0.0178. The predicted octanol–water partition coefficient (Wildman–Crippen LogP) is 7.65. The van der Waals surface area contributed by atoms with Crippen LogP contribution in [-0.4, -0.2) is 17.4 Å². The van der Waals surface area contributed by atoms with E-state index in [0.29, 0.717) is 13.0 Å². The number of aryl methyl sites for hydroxylation is 2. The number of carbonyl (C=O) groups is 1. The van der Waals surface area contributed by atoms with Crippen LogP contribution in [0.1, 0.15) is 58.1 Å². The van der Waals surface area contributed by atoms with Crippen molar-refractivity contribution >= 4 is 16.8 Å². The number of aromatic amines is 1. The van der Waals surface area contributed by atoms with Gasteiger partial charge in [0.15, 0.2) is 0 Å². The van der Waals surface area contributed by atoms with Gasteiger partial charge in [0.25, 0.3) is 0 Å². The third-order valence-corrected chi connectivity index (χ3v) is 7.35. The lowest BCUT2D eigenvalue weighted by Gasteiger charge is -2.21. The number of aromatic nitrogens is 1. The highest BCUT2D eigenvalue weighted by molar-refractivity contribution is 5.86. The number of hydrogen-bond donors (Lipinski definition) is 2. The maximum absolute atomic E-state index is 13.4. The molecule has 1 atom stereocenters. The van der Waals surface area contributed by atoms with E-state index in [-0.39, 0.29) is 17.7 Å². The van der Waals surface area contributed by atoms with Crippen molar-refractivity contribution in [2.75, 3.05) is 6.54 Å². The average molecular weight is 487 g/mol. The molecule has 3 nitrogen and oxygen atoms in total. The molecule has 0 aliphatic heterocycles. The molecule has 2 N–H and O–H groups in total. The van der Waals surface area contributed by atoms with Crippen LogP contribution >= 0.6 is 0 Å². The fourth-order valence-electron chi connectivity index (χ4n) is 5.50. The van der Waals surface area contributed by atoms with E-state index in [9.17, 15) is 4.79 Å². The van der Waals surface area contributed by atoms with E-state index in [2.05, 4.69) is 115 Å². The van der Waals surface area contributed by atoms with E-state index in [4.69, 9.17) is 0 Å². The summed E-state index contributed by atoms with van der Waals surface area (Å²) in [5.74, 6) is 0.303. The molecule has 0 radical (unpaired) electrons. The molecular weight excluding hydrogens is 452 g/mol. The van der Waals surface area contributed by atoms with Gasteiger partial charge in [0.1, 0.15) is 0 Å². The van der Waals surface area contributed by atoms with Gasteiger partial charge in [0.2, 0.25) is 5.91 Å². The summed E-state index contributed by atoms with van der Waals surface area (Å²) < 4.78 is 0. The highest BCUT2D eigenvalue weighted by Gasteiger charge is 2.23. The molecule has 1 heterocycles. The summed E-state index contributed by atoms with van der Waals surface area (Å²) in [6.45, 7) is 4.88. The molecule has 0 unspecified atom stereocenters. The first-order chi connectivity index (χ1) is 18.1. The second kappa shape index (κ2) is 11.3. The molecular formula is C34H34N2O. The minimum atomic E-state index is -0.0178. The Morgan fingerprint density at radius 3 is 2.08 bits per heavy atom. The summed E-state index contributed by atoms with van der Waals surface area (Å²) in [4.78, 5) is 16.8. The number of fused-ring (bicyclic) bond motifs is 1. The van der Waals surface area contributed by atoms with Gasteiger partial charge in [-0.3, -0.25) is 4.79 Å². The normalized spacial score (nSPS) is 12.1. The molecule has 1 amide bonds. The Bertz CT molecular complexity index is 1430. The van der Waals surface area contributed by atoms with Crippen LogP contribution in [0.3, 0.4) is 0 Å². The molecule has 1 aromatic heterocycles. The molecule has 0 bridgehead atoms. The van der Waals surface area contributed by atoms with Crippen molar-refractivity contribution in [1.82, 2.24) is 10.3 Å². The van der Waals surface area contributed by atoms with Crippen LogP contribution in [0.5, 0.6) is 0 Å². The van der Waals surface area contributed by atoms with Gasteiger partial charge < -0.3 is 10.3 Å². The average Bonchev–Trinajstić information content (AvgIpc) is 3.35. The zero-order valence-corrected chi connectivity index (χ0v) is 21.6. The lowest BCUT2D eigenvalue weighted by Crippen LogP contribution is -2.27. The first-order valence-electron chi connectivity index (χ1n) is 13.1. The van der Waals surface area contributed by atoms with E-state index in [0.717, 1.165) is 11.9 Å². The van der Waals surface area contributed by atoms with E-state index in [1.807, 2.05) is 18.2 Å². The molecule has 0 aliphatic carbocycles. The van der Waals surface area contributed by atoms with Gasteiger partial charge in [-0.1, -0.05) is 103 Å². The maximum Gasteiger partial charge on any atom is 0.220 e. The van der Waals surface area contributed by atoms with Crippen molar-refractivity contribution in [3.05, 3.63) is 143 Å². The lowest BCUT2D eigenvalue weighted by molar-refractivity contribution is -0.121. The van der Waals surface area contributed by atoms with E-state index in [1.54, 1.807) is 0 Å². The number of para-hydroxylation sites is 1. The van der Waals surface area contributed by atoms with Crippen LogP contribution in [0.4, 0.5) is 0 Å². The van der Waals surface area contributed by atoms with Crippen LogP contribution in [0.15, 0.2) is 109 Å². The number of rotatable bonds is 9. The Morgan fingerprint density at radius 1 is 0.757 bits per heavy atom. The molecule has 4 aromatic carbocycles. The summed E-state index contributed by atoms with van der Waals surface area (Å²) in [6.07, 6.45) is 3.33. The molecule has 0 aliphatic rings. The van der Waals surface area contributed by atoms with Gasteiger partial charge in [0, 0.05) is 41.9 Å². The van der Waals surface area contributed by atoms with Crippen molar-refractivity contribution in [1.29, 1.82) is 0 Å². The molecule has 5 rings (SSSR count). The summed E-state index contributed by atoms with van der Waals surface area (Å²) in [5.41, 5.74) is 8.47. The zero-order valence-electron chi connectivity index (χ0n) is 21.6. The van der Waals surface area contributed by atoms with Gasteiger partial charge >= 0.3 is 0 Å². The lowest BCUT2D eigenvalue weighted by atomic mass is 9.85. The predicted molar refractivity (Wildman–Crippen MR) is 153 cm³/mol. The van der Waals surface area contributed by atoms with Gasteiger partial charge in [-0.15, -0.1) is 0 Å². The van der Waals surface area contributed by atoms with Gasteiger partial charge in [-0.2, -0.15) is 0 Å². The fourth-order valence-corrected chi connectivity index (χ4v) is 5.50. The van der Waals surface area contributed by atoms with Crippen LogP contribution in [0.2, 0.25) is 0 Å². The molecule has 0 spiro atoms. The Morgan fingerprint density at radius 2 is 1.41 bits per heavy atom.